The molecule has 0 aliphatic rings. The van der Waals surface area contributed by atoms with Gasteiger partial charge < -0.3 is 28.4 Å². The first-order chi connectivity index (χ1) is 36.3. The number of carbonyl (C=O) groups excluding carboxylic acids is 4. The summed E-state index contributed by atoms with van der Waals surface area (Å²) >= 11 is 0. The van der Waals surface area contributed by atoms with Crippen LogP contribution in [0.25, 0.3) is 22.3 Å². The van der Waals surface area contributed by atoms with Gasteiger partial charge in [-0.25, -0.2) is 19.2 Å². The zero-order valence-corrected chi connectivity index (χ0v) is 43.0. The van der Waals surface area contributed by atoms with Gasteiger partial charge in [-0.3, -0.25) is 0 Å². The highest BCUT2D eigenvalue weighted by molar-refractivity contribution is 5.94. The van der Waals surface area contributed by atoms with Gasteiger partial charge in [0, 0.05) is 18.2 Å². The lowest BCUT2D eigenvalue weighted by atomic mass is 10.0. The predicted molar refractivity (Wildman–Crippen MR) is 290 cm³/mol. The number of rotatable bonds is 36. The van der Waals surface area contributed by atoms with Crippen LogP contribution < -0.4 is 18.9 Å². The van der Waals surface area contributed by atoms with Gasteiger partial charge in [-0.2, -0.15) is 5.26 Å². The number of nitrogens with zero attached hydrogens (tertiary/aromatic N) is 1. The smallest absolute Gasteiger partial charge is 0.343 e. The first-order valence-electron chi connectivity index (χ1n) is 26.5. The highest BCUT2D eigenvalue weighted by atomic mass is 16.6. The van der Waals surface area contributed by atoms with Gasteiger partial charge >= 0.3 is 23.9 Å². The number of unbranched alkanes of at least 4 members (excludes halogenated alkanes) is 18. The zero-order valence-electron chi connectivity index (χ0n) is 43.0. The van der Waals surface area contributed by atoms with Crippen LogP contribution in [0.3, 0.4) is 0 Å². The average Bonchev–Trinajstić information content (AvgIpc) is 3.43. The molecule has 5 aromatic rings. The summed E-state index contributed by atoms with van der Waals surface area (Å²) in [6.45, 7) is 9.08. The van der Waals surface area contributed by atoms with E-state index in [1.165, 1.54) is 107 Å². The summed E-state index contributed by atoms with van der Waals surface area (Å²) < 4.78 is 33.4. The van der Waals surface area contributed by atoms with Crippen molar-refractivity contribution in [3.63, 3.8) is 0 Å². The molecule has 74 heavy (non-hydrogen) atoms. The third kappa shape index (κ3) is 21.7. The Balaban J connectivity index is 0.976. The molecule has 0 saturated carbocycles. The van der Waals surface area contributed by atoms with E-state index in [1.807, 2.05) is 78.9 Å². The number of esters is 4. The van der Waals surface area contributed by atoms with Crippen LogP contribution in [-0.4, -0.2) is 50.3 Å². The first-order valence-corrected chi connectivity index (χ1v) is 26.5. The Morgan fingerprint density at radius 3 is 1.04 bits per heavy atom. The van der Waals surface area contributed by atoms with Crippen LogP contribution in [0.5, 0.6) is 23.0 Å². The lowest BCUT2D eigenvalue weighted by Gasteiger charge is -2.12. The summed E-state index contributed by atoms with van der Waals surface area (Å²) in [5.41, 5.74) is 4.59. The summed E-state index contributed by atoms with van der Waals surface area (Å²) in [6.07, 6.45) is 25.2. The quantitative estimate of drug-likeness (QED) is 0.0163. The van der Waals surface area contributed by atoms with Crippen LogP contribution in [-0.2, 0) is 19.1 Å². The molecule has 390 valence electrons. The molecule has 0 N–H and O–H groups in total. The molecular weight excluding hydrogens is 931 g/mol. The molecule has 0 aliphatic carbocycles. The van der Waals surface area contributed by atoms with E-state index in [0.717, 1.165) is 85.1 Å². The van der Waals surface area contributed by atoms with Gasteiger partial charge in [-0.1, -0.05) is 164 Å². The SMILES string of the molecule is C=CC(=O)OCCCCCCCCCCCCOc1ccc(-c2ccc(C(=O)Oc3ccc(C#N)cc3OC(=O)c3ccc(-c4ccc(OCCCCCCCCCCCCOC(=O)C=C)cc4)cc3)cc2)cc1. The van der Waals surface area contributed by atoms with Gasteiger partial charge in [-0.15, -0.1) is 0 Å². The maximum absolute atomic E-state index is 13.4. The third-order valence-corrected chi connectivity index (χ3v) is 12.5. The second kappa shape index (κ2) is 34.1. The molecule has 0 bridgehead atoms. The third-order valence-electron chi connectivity index (χ3n) is 12.5. The molecule has 0 fully saturated rings. The molecule has 0 radical (unpaired) electrons. The largest absolute Gasteiger partial charge is 0.494 e. The Labute approximate surface area is 438 Å². The number of carbonyl (C=O) groups is 4. The fraction of sp³-hybridized carbons (Fsp3) is 0.381. The Morgan fingerprint density at radius 1 is 0.392 bits per heavy atom. The van der Waals surface area contributed by atoms with Gasteiger partial charge in [0.25, 0.3) is 0 Å². The minimum atomic E-state index is -0.667. The Bertz CT molecular complexity index is 2530. The number of hydrogen-bond acceptors (Lipinski definition) is 11. The molecule has 0 atom stereocenters. The van der Waals surface area contributed by atoms with E-state index in [9.17, 15) is 24.4 Å². The average molecular weight is 1000 g/mol. The van der Waals surface area contributed by atoms with Crippen LogP contribution in [0.15, 0.2) is 141 Å². The van der Waals surface area contributed by atoms with E-state index in [1.54, 1.807) is 24.3 Å². The van der Waals surface area contributed by atoms with Crippen LogP contribution in [0.2, 0.25) is 0 Å². The van der Waals surface area contributed by atoms with Crippen molar-refractivity contribution in [3.8, 4) is 51.3 Å². The molecule has 5 aromatic carbocycles. The topological polar surface area (TPSA) is 147 Å². The lowest BCUT2D eigenvalue weighted by molar-refractivity contribution is -0.138. The van der Waals surface area contributed by atoms with E-state index in [2.05, 4.69) is 13.2 Å². The molecular formula is C63H73NO10. The molecule has 0 heterocycles. The van der Waals surface area contributed by atoms with E-state index < -0.39 is 11.9 Å². The minimum Gasteiger partial charge on any atom is -0.494 e. The normalized spacial score (nSPS) is 10.7. The molecule has 0 saturated heterocycles. The Hall–Kier alpha value is -7.45. The summed E-state index contributed by atoms with van der Waals surface area (Å²) in [6, 6.07) is 36.2. The Morgan fingerprint density at radius 2 is 0.703 bits per heavy atom. The van der Waals surface area contributed by atoms with Crippen molar-refractivity contribution in [1.29, 1.82) is 5.26 Å². The van der Waals surface area contributed by atoms with Crippen molar-refractivity contribution in [2.45, 2.75) is 128 Å². The van der Waals surface area contributed by atoms with Crippen LogP contribution in [0.4, 0.5) is 0 Å². The van der Waals surface area contributed by atoms with Crippen molar-refractivity contribution in [2.75, 3.05) is 26.4 Å². The summed E-state index contributed by atoms with van der Waals surface area (Å²) in [7, 11) is 0. The van der Waals surface area contributed by atoms with Crippen molar-refractivity contribution in [3.05, 3.63) is 157 Å². The maximum Gasteiger partial charge on any atom is 0.343 e. The summed E-state index contributed by atoms with van der Waals surface area (Å²) in [5, 5.41) is 9.59. The highest BCUT2D eigenvalue weighted by Crippen LogP contribution is 2.31. The number of hydrogen-bond donors (Lipinski definition) is 0. The van der Waals surface area contributed by atoms with Crippen molar-refractivity contribution in [2.24, 2.45) is 0 Å². The van der Waals surface area contributed by atoms with Gasteiger partial charge in [0.05, 0.1) is 49.2 Å². The molecule has 0 spiro atoms. The van der Waals surface area contributed by atoms with E-state index in [0.29, 0.717) is 32.0 Å². The summed E-state index contributed by atoms with van der Waals surface area (Å²) in [5.74, 6) is -0.436. The fourth-order valence-corrected chi connectivity index (χ4v) is 8.22. The summed E-state index contributed by atoms with van der Waals surface area (Å²) in [4.78, 5) is 48.8. The van der Waals surface area contributed by atoms with Crippen molar-refractivity contribution in [1.82, 2.24) is 0 Å². The second-order valence-corrected chi connectivity index (χ2v) is 18.3. The van der Waals surface area contributed by atoms with Crippen LogP contribution in [0, 0.1) is 11.3 Å². The van der Waals surface area contributed by atoms with Crippen molar-refractivity contribution < 1.29 is 47.6 Å². The van der Waals surface area contributed by atoms with E-state index in [4.69, 9.17) is 28.4 Å². The fourth-order valence-electron chi connectivity index (χ4n) is 8.22. The molecule has 0 aliphatic heterocycles. The van der Waals surface area contributed by atoms with Gasteiger partial charge in [0.15, 0.2) is 11.5 Å². The number of benzene rings is 5. The van der Waals surface area contributed by atoms with E-state index in [-0.39, 0.29) is 34.6 Å². The molecule has 0 amide bonds. The zero-order chi connectivity index (χ0) is 52.4. The lowest BCUT2D eigenvalue weighted by Crippen LogP contribution is -2.13. The van der Waals surface area contributed by atoms with E-state index >= 15 is 0 Å². The molecule has 5 rings (SSSR count). The second-order valence-electron chi connectivity index (χ2n) is 18.3. The van der Waals surface area contributed by atoms with Gasteiger partial charge in [0.2, 0.25) is 0 Å². The minimum absolute atomic E-state index is 0.00729. The number of nitriles is 1. The number of ether oxygens (including phenoxy) is 6. The Kier molecular flexibility index (Phi) is 26.4. The molecule has 11 nitrogen and oxygen atoms in total. The predicted octanol–water partition coefficient (Wildman–Crippen LogP) is 15.3. The molecule has 0 unspecified atom stereocenters. The van der Waals surface area contributed by atoms with Gasteiger partial charge in [-0.05, 0) is 109 Å². The monoisotopic (exact) mass is 1000 g/mol. The van der Waals surface area contributed by atoms with Crippen LogP contribution in [0.1, 0.15) is 155 Å². The maximum atomic E-state index is 13.4. The highest BCUT2D eigenvalue weighted by Gasteiger charge is 2.18. The van der Waals surface area contributed by atoms with Crippen molar-refractivity contribution >= 4 is 23.9 Å². The first kappa shape index (κ1) is 57.5. The van der Waals surface area contributed by atoms with Gasteiger partial charge in [0.1, 0.15) is 11.5 Å². The van der Waals surface area contributed by atoms with Crippen LogP contribution >= 0.6 is 0 Å². The standard InChI is InChI=1S/C63H73NO10/c1-3-60(65)71-45-23-19-15-11-7-5-9-13-17-21-43-69-56-38-34-52(35-39-56)50-26-30-54(31-27-50)62(67)73-58-42-25-49(48-64)47-59(58)74-63(68)55-32-28-51(29-33-55)53-36-40-57(41-37-53)70-44-22-18-14-10-6-8-12-16-20-24-46-72-61(66)4-2/h3-4,25-42,47H,1-2,5-24,43-46H2. The molecule has 0 aromatic heterocycles. The molecule has 11 heteroatoms.